The molecule has 5 aliphatic carbocycles. The van der Waals surface area contributed by atoms with Crippen molar-refractivity contribution in [2.45, 2.75) is 152 Å². The Kier molecular flexibility index (Phi) is 10.1. The molecule has 0 radical (unpaired) electrons. The van der Waals surface area contributed by atoms with Gasteiger partial charge in [-0.2, -0.15) is 0 Å². The van der Waals surface area contributed by atoms with Crippen LogP contribution in [0.2, 0.25) is 5.02 Å². The highest BCUT2D eigenvalue weighted by atomic mass is 35.5. The lowest BCUT2D eigenvalue weighted by atomic mass is 9.33. The van der Waals surface area contributed by atoms with Crippen molar-refractivity contribution in [1.29, 1.82) is 0 Å². The van der Waals surface area contributed by atoms with E-state index in [1.54, 1.807) is 37.9 Å². The molecule has 0 saturated heterocycles. The number of pyridine rings is 1. The van der Waals surface area contributed by atoms with Crippen LogP contribution in [0, 0.1) is 50.7 Å². The number of ether oxygens (including phenoxy) is 2. The summed E-state index contributed by atoms with van der Waals surface area (Å²) in [6.45, 7) is 22.0. The summed E-state index contributed by atoms with van der Waals surface area (Å²) in [5.74, 6) is 0.137. The van der Waals surface area contributed by atoms with E-state index in [-0.39, 0.29) is 62.4 Å². The molecule has 2 aromatic heterocycles. The topological polar surface area (TPSA) is 130 Å². The minimum absolute atomic E-state index is 0.0125. The maximum absolute atomic E-state index is 14.5. The lowest BCUT2D eigenvalue weighted by molar-refractivity contribution is -0.232. The summed E-state index contributed by atoms with van der Waals surface area (Å²) in [5.41, 5.74) is 0.974. The first-order valence-corrected chi connectivity index (χ1v) is 21.7. The lowest BCUT2D eigenvalue weighted by Gasteiger charge is -2.72. The maximum Gasteiger partial charge on any atom is 0.309 e. The summed E-state index contributed by atoms with van der Waals surface area (Å²) in [7, 11) is 1.56. The Balaban J connectivity index is 1.27. The Hall–Kier alpha value is -3.40. The normalized spacial score (nSPS) is 34.6. The number of carboxylic acid groups (broad SMARTS) is 1. The van der Waals surface area contributed by atoms with Gasteiger partial charge in [0.15, 0.2) is 5.78 Å². The van der Waals surface area contributed by atoms with E-state index >= 15 is 0 Å². The molecular formula is C46H64ClN3O7. The Morgan fingerprint density at radius 2 is 1.68 bits per heavy atom. The van der Waals surface area contributed by atoms with E-state index in [9.17, 15) is 24.3 Å². The SMILES string of the molecule is CCn1c(C23CC[C@]4(C)C(CCC5C6(C)CCC(OC(=O)CC(C)(C)C(=O)O)C(C)(C)C6CCC54C)C2=C(C(C)C)C(=O)C3)c(Cl)c(=O)n1-c1ccc(OC)nc1. The van der Waals surface area contributed by atoms with Crippen LogP contribution in [-0.2, 0) is 31.1 Å². The molecule has 2 heterocycles. The Bertz CT molecular complexity index is 2080. The van der Waals surface area contributed by atoms with Gasteiger partial charge in [0.1, 0.15) is 11.1 Å². The molecular weight excluding hydrogens is 742 g/mol. The third-order valence-corrected chi connectivity index (χ3v) is 17.2. The minimum Gasteiger partial charge on any atom is -0.481 e. The fourth-order valence-corrected chi connectivity index (χ4v) is 14.2. The molecule has 0 bridgehead atoms. The molecule has 2 aromatic rings. The van der Waals surface area contributed by atoms with E-state index in [2.05, 4.69) is 53.5 Å². The zero-order chi connectivity index (χ0) is 41.8. The fourth-order valence-electron chi connectivity index (χ4n) is 13.9. The highest BCUT2D eigenvalue weighted by Gasteiger charge is 2.71. The Labute approximate surface area is 343 Å². The number of nitrogens with zero attached hydrogens (tertiary/aromatic N) is 3. The molecule has 8 atom stereocenters. The molecule has 7 unspecified atom stereocenters. The molecule has 4 fully saturated rings. The van der Waals surface area contributed by atoms with Crippen LogP contribution in [-0.4, -0.2) is 50.4 Å². The second-order valence-electron chi connectivity index (χ2n) is 20.5. The summed E-state index contributed by atoms with van der Waals surface area (Å²) in [5, 5.41) is 9.84. The first kappa shape index (κ1) is 41.7. The zero-order valence-electron chi connectivity index (χ0n) is 36.0. The molecule has 57 heavy (non-hydrogen) atoms. The maximum atomic E-state index is 14.5. The molecule has 5 aliphatic rings. The molecule has 0 aliphatic heterocycles. The van der Waals surface area contributed by atoms with Crippen molar-refractivity contribution in [1.82, 2.24) is 14.3 Å². The van der Waals surface area contributed by atoms with Crippen LogP contribution in [0.4, 0.5) is 0 Å². The van der Waals surface area contributed by atoms with Gasteiger partial charge in [0.05, 0.1) is 36.5 Å². The van der Waals surface area contributed by atoms with E-state index in [0.717, 1.165) is 62.6 Å². The number of rotatable bonds is 9. The van der Waals surface area contributed by atoms with Crippen molar-refractivity contribution >= 4 is 29.3 Å². The van der Waals surface area contributed by atoms with Gasteiger partial charge in [-0.1, -0.05) is 60.1 Å². The number of ketones is 1. The smallest absolute Gasteiger partial charge is 0.309 e. The number of aromatic nitrogens is 3. The van der Waals surface area contributed by atoms with Crippen molar-refractivity contribution in [3.8, 4) is 11.6 Å². The number of fused-ring (bicyclic) bond motifs is 7. The highest BCUT2D eigenvalue weighted by Crippen LogP contribution is 2.77. The third kappa shape index (κ3) is 5.86. The van der Waals surface area contributed by atoms with E-state index in [1.165, 1.54) is 5.57 Å². The molecule has 0 amide bonds. The molecule has 0 aromatic carbocycles. The number of carbonyl (C=O) groups excluding carboxylic acids is 2. The highest BCUT2D eigenvalue weighted by molar-refractivity contribution is 6.31. The number of carboxylic acids is 1. The van der Waals surface area contributed by atoms with Crippen molar-refractivity contribution < 1.29 is 29.0 Å². The van der Waals surface area contributed by atoms with Crippen molar-refractivity contribution in [2.24, 2.45) is 50.7 Å². The Morgan fingerprint density at radius 3 is 2.28 bits per heavy atom. The van der Waals surface area contributed by atoms with Gasteiger partial charge in [-0.05, 0) is 129 Å². The van der Waals surface area contributed by atoms with Gasteiger partial charge in [-0.25, -0.2) is 9.67 Å². The van der Waals surface area contributed by atoms with Crippen LogP contribution in [0.5, 0.6) is 5.88 Å². The molecule has 1 N–H and O–H groups in total. The van der Waals surface area contributed by atoms with Crippen LogP contribution in [0.25, 0.3) is 5.69 Å². The predicted molar refractivity (Wildman–Crippen MR) is 220 cm³/mol. The molecule has 7 rings (SSSR count). The average molecular weight is 806 g/mol. The van der Waals surface area contributed by atoms with E-state index in [0.29, 0.717) is 36.4 Å². The number of hydrogen-bond donors (Lipinski definition) is 1. The minimum atomic E-state index is -1.19. The molecule has 11 heteroatoms. The predicted octanol–water partition coefficient (Wildman–Crippen LogP) is 9.36. The summed E-state index contributed by atoms with van der Waals surface area (Å²) < 4.78 is 15.1. The van der Waals surface area contributed by atoms with Gasteiger partial charge in [-0.3, -0.25) is 23.9 Å². The van der Waals surface area contributed by atoms with Crippen molar-refractivity contribution in [3.63, 3.8) is 0 Å². The summed E-state index contributed by atoms with van der Waals surface area (Å²) >= 11 is 7.24. The van der Waals surface area contributed by atoms with Crippen molar-refractivity contribution in [3.05, 3.63) is 50.5 Å². The van der Waals surface area contributed by atoms with Gasteiger partial charge in [0, 0.05) is 29.9 Å². The summed E-state index contributed by atoms with van der Waals surface area (Å²) in [4.78, 5) is 58.1. The van der Waals surface area contributed by atoms with E-state index < -0.39 is 22.8 Å². The number of allylic oxidation sites excluding steroid dienone is 2. The second kappa shape index (κ2) is 13.8. The second-order valence-corrected chi connectivity index (χ2v) is 20.9. The van der Waals surface area contributed by atoms with Crippen LogP contribution in [0.1, 0.15) is 139 Å². The van der Waals surface area contributed by atoms with Crippen LogP contribution < -0.4 is 10.3 Å². The van der Waals surface area contributed by atoms with Gasteiger partial charge < -0.3 is 14.6 Å². The van der Waals surface area contributed by atoms with Crippen LogP contribution >= 0.6 is 11.6 Å². The number of hydrogen-bond acceptors (Lipinski definition) is 7. The Morgan fingerprint density at radius 1 is 0.982 bits per heavy atom. The number of Topliss-reactive ketones (excluding diaryl/α,β-unsaturated/α-hetero) is 1. The largest absolute Gasteiger partial charge is 0.481 e. The van der Waals surface area contributed by atoms with Gasteiger partial charge in [0.25, 0.3) is 5.56 Å². The van der Waals surface area contributed by atoms with Crippen LogP contribution in [0.15, 0.2) is 34.3 Å². The summed E-state index contributed by atoms with van der Waals surface area (Å²) in [6.07, 6.45) is 8.91. The summed E-state index contributed by atoms with van der Waals surface area (Å²) in [6, 6.07) is 3.56. The van der Waals surface area contributed by atoms with Gasteiger partial charge in [0.2, 0.25) is 5.88 Å². The number of halogens is 1. The lowest BCUT2D eigenvalue weighted by Crippen LogP contribution is -2.66. The molecule has 4 saturated carbocycles. The van der Waals surface area contributed by atoms with Gasteiger partial charge in [-0.15, -0.1) is 0 Å². The van der Waals surface area contributed by atoms with Crippen LogP contribution in [0.3, 0.4) is 0 Å². The van der Waals surface area contributed by atoms with E-state index in [1.807, 2.05) is 17.7 Å². The molecule has 0 spiro atoms. The number of carbonyl (C=O) groups is 3. The molecule has 10 nitrogen and oxygen atoms in total. The third-order valence-electron chi connectivity index (χ3n) is 16.8. The number of methoxy groups -OCH3 is 1. The first-order valence-electron chi connectivity index (χ1n) is 21.3. The quantitative estimate of drug-likeness (QED) is 0.248. The number of aliphatic carboxylic acids is 1. The zero-order valence-corrected chi connectivity index (χ0v) is 36.8. The molecule has 312 valence electrons. The monoisotopic (exact) mass is 805 g/mol. The van der Waals surface area contributed by atoms with Gasteiger partial charge >= 0.3 is 11.9 Å². The average Bonchev–Trinajstić information content (AvgIpc) is 3.58. The first-order chi connectivity index (χ1) is 26.6. The van der Waals surface area contributed by atoms with Crippen molar-refractivity contribution in [2.75, 3.05) is 7.11 Å². The fraction of sp³-hybridized carbons (Fsp3) is 0.717. The van der Waals surface area contributed by atoms with E-state index in [4.69, 9.17) is 21.1 Å². The number of esters is 1. The standard InChI is InChI=1S/C46H64ClN3O7/c1-12-49-38(37(47)39(53)50(49)27-13-16-33(56-11)48-25-27)46-22-21-44(9)28(36(46)35(26(2)3)29(51)23-46)14-15-31-43(8)19-18-32(57-34(52)24-41(4,5)40(54)55)42(6,7)30(43)17-20-45(31,44)10/h13,16,25-26,28,30-32H,12,14-15,17-24H2,1-11H3,(H,54,55)/t28?,30?,31?,32?,43?,44-,45?,46?/m1/s1.